The second-order valence-electron chi connectivity index (χ2n) is 4.43. The maximum atomic E-state index is 10.6. The van der Waals surface area contributed by atoms with Gasteiger partial charge in [0.1, 0.15) is 0 Å². The van der Waals surface area contributed by atoms with Crippen LogP contribution < -0.4 is 0 Å². The summed E-state index contributed by atoms with van der Waals surface area (Å²) >= 11 is 1.79. The first-order valence-electron chi connectivity index (χ1n) is 5.21. The van der Waals surface area contributed by atoms with Gasteiger partial charge >= 0.3 is 0 Å². The number of thioether (sulfide) groups is 1. The van der Waals surface area contributed by atoms with Crippen molar-refractivity contribution in [2.45, 2.75) is 24.9 Å². The van der Waals surface area contributed by atoms with Gasteiger partial charge in [0.2, 0.25) is 0 Å². The summed E-state index contributed by atoms with van der Waals surface area (Å²) < 4.78 is 5.34. The van der Waals surface area contributed by atoms with E-state index in [1.54, 1.807) is 11.8 Å². The molecule has 0 aromatic rings. The van der Waals surface area contributed by atoms with Gasteiger partial charge < -0.3 is 14.9 Å². The van der Waals surface area contributed by atoms with Crippen molar-refractivity contribution in [1.82, 2.24) is 0 Å². The Hall–Kier alpha value is 0.230. The summed E-state index contributed by atoms with van der Waals surface area (Å²) in [5, 5.41) is 20.0. The number of hydrogen-bond donors (Lipinski definition) is 2. The summed E-state index contributed by atoms with van der Waals surface area (Å²) in [5.41, 5.74) is -1.10. The van der Waals surface area contributed by atoms with E-state index in [0.29, 0.717) is 13.2 Å². The summed E-state index contributed by atoms with van der Waals surface area (Å²) in [6, 6.07) is 0. The van der Waals surface area contributed by atoms with Crippen molar-refractivity contribution in [3.63, 3.8) is 0 Å². The fraction of sp³-hybridized carbons (Fsp3) is 1.00. The number of rotatable bonds is 2. The zero-order valence-corrected chi connectivity index (χ0v) is 9.18. The molecule has 0 aromatic carbocycles. The van der Waals surface area contributed by atoms with E-state index in [-0.39, 0.29) is 12.0 Å². The predicted molar refractivity (Wildman–Crippen MR) is 56.5 cm³/mol. The molecule has 2 aliphatic heterocycles. The molecule has 2 unspecified atom stereocenters. The first kappa shape index (κ1) is 10.7. The Morgan fingerprint density at radius 3 is 2.71 bits per heavy atom. The fourth-order valence-electron chi connectivity index (χ4n) is 2.44. The first-order valence-corrected chi connectivity index (χ1v) is 6.37. The van der Waals surface area contributed by atoms with Crippen LogP contribution in [0.1, 0.15) is 19.3 Å². The largest absolute Gasteiger partial charge is 0.396 e. The van der Waals surface area contributed by atoms with Gasteiger partial charge in [-0.1, -0.05) is 0 Å². The van der Waals surface area contributed by atoms with Crippen LogP contribution in [0, 0.1) is 5.41 Å². The molecule has 2 atom stereocenters. The average molecular weight is 218 g/mol. The van der Waals surface area contributed by atoms with Crippen molar-refractivity contribution < 1.29 is 14.9 Å². The third-order valence-corrected chi connectivity index (χ3v) is 4.87. The number of aliphatic hydroxyl groups is 2. The van der Waals surface area contributed by atoms with Crippen LogP contribution in [0.4, 0.5) is 0 Å². The number of hydrogen-bond acceptors (Lipinski definition) is 4. The highest BCUT2D eigenvalue weighted by Crippen LogP contribution is 2.45. The van der Waals surface area contributed by atoms with Crippen molar-refractivity contribution in [2.24, 2.45) is 5.41 Å². The van der Waals surface area contributed by atoms with Gasteiger partial charge in [0.15, 0.2) is 0 Å². The molecule has 2 N–H and O–H groups in total. The van der Waals surface area contributed by atoms with E-state index >= 15 is 0 Å². The van der Waals surface area contributed by atoms with Crippen LogP contribution in [0.25, 0.3) is 0 Å². The first-order chi connectivity index (χ1) is 6.72. The van der Waals surface area contributed by atoms with Crippen LogP contribution in [0.5, 0.6) is 0 Å². The molecule has 2 aliphatic rings. The zero-order chi connectivity index (χ0) is 10.1. The van der Waals surface area contributed by atoms with Crippen molar-refractivity contribution in [3.05, 3.63) is 0 Å². The molecule has 2 rings (SSSR count). The van der Waals surface area contributed by atoms with Crippen LogP contribution in [0.15, 0.2) is 0 Å². The summed E-state index contributed by atoms with van der Waals surface area (Å²) in [5.74, 6) is 1.88. The topological polar surface area (TPSA) is 49.7 Å². The van der Waals surface area contributed by atoms with Gasteiger partial charge in [-0.2, -0.15) is 11.8 Å². The lowest BCUT2D eigenvalue weighted by Gasteiger charge is -2.45. The Labute approximate surface area is 88.8 Å². The van der Waals surface area contributed by atoms with Gasteiger partial charge in [-0.3, -0.25) is 0 Å². The average Bonchev–Trinajstić information content (AvgIpc) is 2.68. The summed E-state index contributed by atoms with van der Waals surface area (Å²) in [7, 11) is 0. The highest BCUT2D eigenvalue weighted by molar-refractivity contribution is 7.99. The lowest BCUT2D eigenvalue weighted by Crippen LogP contribution is -2.54. The lowest BCUT2D eigenvalue weighted by molar-refractivity contribution is -0.101. The van der Waals surface area contributed by atoms with Gasteiger partial charge in [0, 0.05) is 17.8 Å². The molecule has 0 aromatic heterocycles. The predicted octanol–water partition coefficient (Wildman–Crippen LogP) is 0.643. The van der Waals surface area contributed by atoms with Gasteiger partial charge in [-0.25, -0.2) is 0 Å². The Bertz CT molecular complexity index is 196. The van der Waals surface area contributed by atoms with E-state index in [2.05, 4.69) is 0 Å². The van der Waals surface area contributed by atoms with Crippen LogP contribution in [-0.2, 0) is 4.74 Å². The molecule has 0 spiro atoms. The molecule has 2 fully saturated rings. The summed E-state index contributed by atoms with van der Waals surface area (Å²) in [6.45, 7) is 1.23. The Balaban J connectivity index is 2.15. The van der Waals surface area contributed by atoms with Gasteiger partial charge in [0.25, 0.3) is 0 Å². The van der Waals surface area contributed by atoms with E-state index in [9.17, 15) is 10.2 Å². The van der Waals surface area contributed by atoms with Crippen molar-refractivity contribution in [3.8, 4) is 0 Å². The number of ether oxygens (including phenoxy) is 1. The molecule has 2 saturated heterocycles. The highest BCUT2D eigenvalue weighted by atomic mass is 32.2. The molecule has 0 saturated carbocycles. The highest BCUT2D eigenvalue weighted by Gasteiger charge is 2.52. The quantitative estimate of drug-likeness (QED) is 0.714. The van der Waals surface area contributed by atoms with E-state index in [0.717, 1.165) is 30.8 Å². The van der Waals surface area contributed by atoms with Crippen LogP contribution >= 0.6 is 11.8 Å². The minimum Gasteiger partial charge on any atom is -0.396 e. The fourth-order valence-corrected chi connectivity index (χ4v) is 3.73. The maximum absolute atomic E-state index is 10.6. The standard InChI is InChI=1S/C10H18O3S/c11-6-9(3-4-13-7-9)10(12)2-1-5-14-8-10/h11-12H,1-8H2. The summed E-state index contributed by atoms with van der Waals surface area (Å²) in [6.07, 6.45) is 2.65. The maximum Gasteiger partial charge on any atom is 0.0838 e. The molecule has 3 nitrogen and oxygen atoms in total. The van der Waals surface area contributed by atoms with Crippen molar-refractivity contribution in [2.75, 3.05) is 31.3 Å². The molecule has 82 valence electrons. The van der Waals surface area contributed by atoms with Crippen LogP contribution in [0.3, 0.4) is 0 Å². The smallest absolute Gasteiger partial charge is 0.0838 e. The minimum absolute atomic E-state index is 0.0457. The molecule has 4 heteroatoms. The van der Waals surface area contributed by atoms with Crippen LogP contribution in [0.2, 0.25) is 0 Å². The van der Waals surface area contributed by atoms with Crippen LogP contribution in [-0.4, -0.2) is 47.1 Å². The molecule has 0 aliphatic carbocycles. The molecular weight excluding hydrogens is 200 g/mol. The molecular formula is C10H18O3S. The molecule has 14 heavy (non-hydrogen) atoms. The van der Waals surface area contributed by atoms with Crippen molar-refractivity contribution in [1.29, 1.82) is 0 Å². The van der Waals surface area contributed by atoms with E-state index in [1.807, 2.05) is 0 Å². The van der Waals surface area contributed by atoms with Gasteiger partial charge in [-0.15, -0.1) is 0 Å². The lowest BCUT2D eigenvalue weighted by atomic mass is 9.70. The normalized spacial score (nSPS) is 44.1. The third-order valence-electron chi connectivity index (χ3n) is 3.61. The van der Waals surface area contributed by atoms with E-state index in [4.69, 9.17) is 4.74 Å². The Morgan fingerprint density at radius 1 is 1.36 bits per heavy atom. The summed E-state index contributed by atoms with van der Waals surface area (Å²) in [4.78, 5) is 0. The SMILES string of the molecule is OCC1(C2(O)CCCSC2)CCOC1. The van der Waals surface area contributed by atoms with Gasteiger partial charge in [0.05, 0.1) is 18.8 Å². The second kappa shape index (κ2) is 4.00. The van der Waals surface area contributed by atoms with Crippen molar-refractivity contribution >= 4 is 11.8 Å². The molecule has 0 bridgehead atoms. The Morgan fingerprint density at radius 2 is 2.21 bits per heavy atom. The molecule has 0 radical (unpaired) electrons. The zero-order valence-electron chi connectivity index (χ0n) is 8.37. The molecule has 2 heterocycles. The van der Waals surface area contributed by atoms with Gasteiger partial charge in [-0.05, 0) is 25.0 Å². The monoisotopic (exact) mass is 218 g/mol. The third kappa shape index (κ3) is 1.58. The van der Waals surface area contributed by atoms with E-state index in [1.165, 1.54) is 0 Å². The minimum atomic E-state index is -0.707. The Kier molecular flexibility index (Phi) is 3.07. The number of aliphatic hydroxyl groups excluding tert-OH is 1. The molecule has 0 amide bonds. The second-order valence-corrected chi connectivity index (χ2v) is 5.53. The van der Waals surface area contributed by atoms with E-state index < -0.39 is 5.60 Å².